The molecule has 0 radical (unpaired) electrons. The van der Waals surface area contributed by atoms with Crippen LogP contribution < -0.4 is 0 Å². The van der Waals surface area contributed by atoms with E-state index in [4.69, 9.17) is 4.74 Å². The zero-order valence-electron chi connectivity index (χ0n) is 21.4. The van der Waals surface area contributed by atoms with Gasteiger partial charge < -0.3 is 4.74 Å². The number of halogens is 1. The molecular formula is C28H43BrO4. The number of esters is 1. The highest BCUT2D eigenvalue weighted by molar-refractivity contribution is 9.10. The summed E-state index contributed by atoms with van der Waals surface area (Å²) in [6, 6.07) is 0. The minimum Gasteiger partial charge on any atom is -0.469 e. The van der Waals surface area contributed by atoms with Crippen LogP contribution in [0.4, 0.5) is 0 Å². The van der Waals surface area contributed by atoms with Gasteiger partial charge in [-0.3, -0.25) is 14.4 Å². The predicted molar refractivity (Wildman–Crippen MR) is 133 cm³/mol. The quantitative estimate of drug-likeness (QED) is 0.316. The zero-order valence-corrected chi connectivity index (χ0v) is 22.9. The van der Waals surface area contributed by atoms with Gasteiger partial charge in [-0.25, -0.2) is 0 Å². The summed E-state index contributed by atoms with van der Waals surface area (Å²) in [5.74, 6) is 2.19. The first-order chi connectivity index (χ1) is 15.5. The van der Waals surface area contributed by atoms with E-state index in [2.05, 4.69) is 50.5 Å². The van der Waals surface area contributed by atoms with E-state index >= 15 is 0 Å². The number of ketones is 2. The smallest absolute Gasteiger partial charge is 0.305 e. The highest BCUT2D eigenvalue weighted by Crippen LogP contribution is 2.69. The molecule has 0 amide bonds. The fraction of sp³-hybridized carbons (Fsp3) is 0.893. The van der Waals surface area contributed by atoms with Gasteiger partial charge in [0.15, 0.2) is 5.78 Å². The van der Waals surface area contributed by atoms with Crippen LogP contribution in [0, 0.1) is 58.2 Å². The first-order valence-electron chi connectivity index (χ1n) is 13.3. The Morgan fingerprint density at radius 3 is 2.48 bits per heavy atom. The second-order valence-corrected chi connectivity index (χ2v) is 13.3. The number of hydrogen-bond donors (Lipinski definition) is 0. The Morgan fingerprint density at radius 2 is 1.85 bits per heavy atom. The van der Waals surface area contributed by atoms with Crippen LogP contribution in [-0.2, 0) is 19.1 Å². The molecule has 0 saturated heterocycles. The van der Waals surface area contributed by atoms with Gasteiger partial charge in [0.1, 0.15) is 5.78 Å². The minimum atomic E-state index is -0.243. The largest absolute Gasteiger partial charge is 0.469 e. The number of ether oxygens (including phenoxy) is 1. The van der Waals surface area contributed by atoms with Crippen LogP contribution >= 0.6 is 15.9 Å². The van der Waals surface area contributed by atoms with E-state index in [1.165, 1.54) is 7.11 Å². The van der Waals surface area contributed by atoms with E-state index in [1.807, 2.05) is 0 Å². The second kappa shape index (κ2) is 9.06. The van der Waals surface area contributed by atoms with Crippen LogP contribution in [0.5, 0.6) is 0 Å². The molecule has 4 aliphatic rings. The molecule has 0 aromatic heterocycles. The summed E-state index contributed by atoms with van der Waals surface area (Å²) in [5, 5.41) is 0. The van der Waals surface area contributed by atoms with Gasteiger partial charge in [0.05, 0.1) is 11.9 Å². The topological polar surface area (TPSA) is 60.4 Å². The Hall–Kier alpha value is -0.710. The van der Waals surface area contributed by atoms with E-state index in [9.17, 15) is 14.4 Å². The van der Waals surface area contributed by atoms with Gasteiger partial charge in [-0.15, -0.1) is 0 Å². The number of alkyl halides is 1. The zero-order chi connectivity index (χ0) is 24.3. The van der Waals surface area contributed by atoms with Gasteiger partial charge in [-0.1, -0.05) is 57.0 Å². The maximum Gasteiger partial charge on any atom is 0.305 e. The average Bonchev–Trinajstić information content (AvgIpc) is 3.14. The lowest BCUT2D eigenvalue weighted by Gasteiger charge is -2.62. The Kier molecular flexibility index (Phi) is 6.97. The van der Waals surface area contributed by atoms with Crippen molar-refractivity contribution in [2.45, 2.75) is 90.8 Å². The highest BCUT2D eigenvalue weighted by Gasteiger charge is 2.70. The molecule has 4 saturated carbocycles. The molecule has 0 aliphatic heterocycles. The predicted octanol–water partition coefficient (Wildman–Crippen LogP) is 6.24. The fourth-order valence-electron chi connectivity index (χ4n) is 9.22. The molecule has 0 N–H and O–H groups in total. The molecule has 4 nitrogen and oxygen atoms in total. The first kappa shape index (κ1) is 25.4. The second-order valence-electron chi connectivity index (χ2n) is 12.4. The lowest BCUT2D eigenvalue weighted by Crippen LogP contribution is -2.66. The van der Waals surface area contributed by atoms with Gasteiger partial charge in [0, 0.05) is 24.2 Å². The van der Waals surface area contributed by atoms with Crippen LogP contribution in [0.25, 0.3) is 0 Å². The first-order valence-corrected chi connectivity index (χ1v) is 14.2. The van der Waals surface area contributed by atoms with E-state index < -0.39 is 0 Å². The number of rotatable bonds is 5. The number of carbonyl (C=O) groups is 3. The van der Waals surface area contributed by atoms with Crippen molar-refractivity contribution in [3.63, 3.8) is 0 Å². The summed E-state index contributed by atoms with van der Waals surface area (Å²) in [6.07, 6.45) is 7.43. The lowest BCUT2D eigenvalue weighted by molar-refractivity contribution is -0.176. The summed E-state index contributed by atoms with van der Waals surface area (Å²) in [6.45, 7) is 11.3. The molecule has 4 fully saturated rings. The molecule has 0 aromatic rings. The van der Waals surface area contributed by atoms with Gasteiger partial charge in [-0.2, -0.15) is 0 Å². The van der Waals surface area contributed by atoms with E-state index in [0.29, 0.717) is 35.9 Å². The van der Waals surface area contributed by atoms with Crippen molar-refractivity contribution in [3.8, 4) is 0 Å². The van der Waals surface area contributed by atoms with E-state index in [-0.39, 0.29) is 51.1 Å². The van der Waals surface area contributed by atoms with Crippen LogP contribution in [0.15, 0.2) is 0 Å². The van der Waals surface area contributed by atoms with Crippen molar-refractivity contribution >= 4 is 33.5 Å². The molecule has 0 bridgehead atoms. The monoisotopic (exact) mass is 522 g/mol. The van der Waals surface area contributed by atoms with Crippen molar-refractivity contribution in [2.75, 3.05) is 7.11 Å². The fourth-order valence-corrected chi connectivity index (χ4v) is 10.2. The molecule has 0 spiro atoms. The molecular weight excluding hydrogens is 480 g/mol. The maximum absolute atomic E-state index is 14.2. The van der Waals surface area contributed by atoms with Gasteiger partial charge in [0.2, 0.25) is 0 Å². The van der Waals surface area contributed by atoms with Gasteiger partial charge in [0.25, 0.3) is 0 Å². The molecule has 0 aromatic carbocycles. The third-order valence-electron chi connectivity index (χ3n) is 11.0. The van der Waals surface area contributed by atoms with Crippen LogP contribution in [0.3, 0.4) is 0 Å². The van der Waals surface area contributed by atoms with E-state index in [1.54, 1.807) is 0 Å². The third-order valence-corrected chi connectivity index (χ3v) is 12.4. The minimum absolute atomic E-state index is 0.0647. The third kappa shape index (κ3) is 3.69. The lowest BCUT2D eigenvalue weighted by atomic mass is 9.41. The normalized spacial score (nSPS) is 48.0. The molecule has 33 heavy (non-hydrogen) atoms. The van der Waals surface area contributed by atoms with Crippen LogP contribution in [0.2, 0.25) is 0 Å². The summed E-state index contributed by atoms with van der Waals surface area (Å²) in [4.78, 5) is 39.9. The summed E-state index contributed by atoms with van der Waals surface area (Å²) in [5.41, 5.74) is -0.308. The van der Waals surface area contributed by atoms with Crippen molar-refractivity contribution < 1.29 is 19.1 Å². The van der Waals surface area contributed by atoms with Crippen molar-refractivity contribution in [3.05, 3.63) is 0 Å². The van der Waals surface area contributed by atoms with Gasteiger partial charge >= 0.3 is 5.97 Å². The molecule has 4 rings (SSSR count). The molecule has 4 unspecified atom stereocenters. The number of fused-ring (bicyclic) bond motifs is 5. The average molecular weight is 524 g/mol. The Morgan fingerprint density at radius 1 is 1.15 bits per heavy atom. The van der Waals surface area contributed by atoms with E-state index in [0.717, 1.165) is 44.9 Å². The maximum atomic E-state index is 14.2. The molecule has 186 valence electrons. The summed E-state index contributed by atoms with van der Waals surface area (Å²) in [7, 11) is 1.44. The summed E-state index contributed by atoms with van der Waals surface area (Å²) >= 11 is 3.93. The molecule has 0 heterocycles. The SMILES string of the molecule is CC[C@H]1C(=O)C2C3CC[C@H]([C@H](C)CCC(=O)OC)[C@@]3(C)C(Br)C(=O)C2[C@@]2(C)CC[C@@H](C)C[C@@H]12. The Balaban J connectivity index is 1.70. The molecule has 11 atom stereocenters. The van der Waals surface area contributed by atoms with Crippen molar-refractivity contribution in [2.24, 2.45) is 58.2 Å². The standard InChI is InChI=1S/C28H43BrO4/c1-7-17-20-14-15(2)12-13-27(20,4)23-22(24(17)31)19-10-9-18(16(3)8-11-21(30)33-6)28(19,5)26(29)25(23)32/h15-20,22-23,26H,7-14H2,1-6H3/t15-,16-,17-,18-,19?,20+,22?,23?,26?,27+,28-/m1/s1. The van der Waals surface area contributed by atoms with Crippen molar-refractivity contribution in [1.29, 1.82) is 0 Å². The van der Waals surface area contributed by atoms with Crippen LogP contribution in [0.1, 0.15) is 86.0 Å². The summed E-state index contributed by atoms with van der Waals surface area (Å²) < 4.78 is 4.86. The Labute approximate surface area is 208 Å². The molecule has 4 aliphatic carbocycles. The number of hydrogen-bond acceptors (Lipinski definition) is 4. The van der Waals surface area contributed by atoms with Crippen LogP contribution in [-0.4, -0.2) is 29.5 Å². The number of methoxy groups -OCH3 is 1. The number of Topliss-reactive ketones (excluding diaryl/α,β-unsaturated/α-hetero) is 2. The number of carbonyl (C=O) groups excluding carboxylic acids is 3. The van der Waals surface area contributed by atoms with Gasteiger partial charge in [-0.05, 0) is 78.9 Å². The molecule has 5 heteroatoms. The Bertz CT molecular complexity index is 810. The van der Waals surface area contributed by atoms with Crippen molar-refractivity contribution in [1.82, 2.24) is 0 Å². The highest BCUT2D eigenvalue weighted by atomic mass is 79.9.